The molecule has 3 atom stereocenters. The molecular formula is C36H69NO6. The van der Waals surface area contributed by atoms with E-state index in [2.05, 4.69) is 60.7 Å². The molecule has 0 aromatic carbocycles. The first-order valence-corrected chi connectivity index (χ1v) is 16.3. The Kier molecular flexibility index (Phi) is 13.3. The number of ether oxygens (including phenoxy) is 2. The van der Waals surface area contributed by atoms with Gasteiger partial charge in [0.2, 0.25) is 5.91 Å². The topological polar surface area (TPSA) is 102 Å². The standard InChI is InChI=1S/C36H69NO6/c1-19-21-37-26(39)34(16,24-25(3)4)30(8,9)31(10,11)36(18,28(41)42-20-2)33(14,15)32(12,13)35(17,29(5,6)7)27(40)43-23-22-38/h25,38H,19-24H2,1-18H3,(H,37,39). The number of aliphatic hydroxyl groups excluding tert-OH is 1. The number of hydrogen-bond acceptors (Lipinski definition) is 6. The zero-order chi connectivity index (χ0) is 34.7. The first kappa shape index (κ1) is 41.4. The highest BCUT2D eigenvalue weighted by Crippen LogP contribution is 2.72. The highest BCUT2D eigenvalue weighted by molar-refractivity contribution is 5.85. The number of amides is 1. The second-order valence-electron chi connectivity index (χ2n) is 16.8. The van der Waals surface area contributed by atoms with Crippen molar-refractivity contribution in [2.24, 2.45) is 49.2 Å². The lowest BCUT2D eigenvalue weighted by Gasteiger charge is -2.68. The zero-order valence-electron chi connectivity index (χ0n) is 31.3. The van der Waals surface area contributed by atoms with Crippen molar-refractivity contribution in [1.82, 2.24) is 5.32 Å². The normalized spacial score (nSPS) is 17.9. The fourth-order valence-electron chi connectivity index (χ4n) is 7.80. The Morgan fingerprint density at radius 2 is 1.09 bits per heavy atom. The summed E-state index contributed by atoms with van der Waals surface area (Å²) in [5, 5.41) is 12.6. The molecule has 0 aromatic heterocycles. The van der Waals surface area contributed by atoms with Crippen LogP contribution in [0, 0.1) is 49.2 Å². The van der Waals surface area contributed by atoms with E-state index in [-0.39, 0.29) is 37.6 Å². The third kappa shape index (κ3) is 6.53. The molecule has 0 aliphatic heterocycles. The van der Waals surface area contributed by atoms with E-state index < -0.39 is 49.3 Å². The predicted molar refractivity (Wildman–Crippen MR) is 176 cm³/mol. The summed E-state index contributed by atoms with van der Waals surface area (Å²) >= 11 is 0. The van der Waals surface area contributed by atoms with Crippen molar-refractivity contribution in [2.45, 2.75) is 137 Å². The van der Waals surface area contributed by atoms with E-state index in [1.54, 1.807) is 6.92 Å². The van der Waals surface area contributed by atoms with Crippen LogP contribution in [0.4, 0.5) is 0 Å². The summed E-state index contributed by atoms with van der Waals surface area (Å²) in [6.07, 6.45) is 1.46. The molecular weight excluding hydrogens is 542 g/mol. The molecule has 0 fully saturated rings. The summed E-state index contributed by atoms with van der Waals surface area (Å²) in [4.78, 5) is 42.7. The van der Waals surface area contributed by atoms with Crippen LogP contribution in [0.25, 0.3) is 0 Å². The molecule has 0 bridgehead atoms. The Hall–Kier alpha value is -1.63. The van der Waals surface area contributed by atoms with Crippen LogP contribution in [-0.2, 0) is 23.9 Å². The van der Waals surface area contributed by atoms with Gasteiger partial charge in [0.05, 0.1) is 29.5 Å². The van der Waals surface area contributed by atoms with Crippen LogP contribution in [0.5, 0.6) is 0 Å². The number of carbonyl (C=O) groups is 3. The van der Waals surface area contributed by atoms with E-state index in [0.29, 0.717) is 13.0 Å². The number of nitrogens with one attached hydrogen (secondary N) is 1. The average Bonchev–Trinajstić information content (AvgIpc) is 2.87. The SMILES string of the molecule is CCCNC(=O)C(C)(CC(C)C)C(C)(C)C(C)(C)C(C)(C(=O)OCC)C(C)(C)C(C)(C)C(C)(C(=O)OCCO)C(C)(C)C. The molecule has 0 saturated carbocycles. The zero-order valence-corrected chi connectivity index (χ0v) is 31.3. The van der Waals surface area contributed by atoms with E-state index in [0.717, 1.165) is 6.42 Å². The van der Waals surface area contributed by atoms with Gasteiger partial charge in [0.1, 0.15) is 6.61 Å². The summed E-state index contributed by atoms with van der Waals surface area (Å²) in [6, 6.07) is 0. The molecule has 0 heterocycles. The number of carbonyl (C=O) groups excluding carboxylic acids is 3. The highest BCUT2D eigenvalue weighted by atomic mass is 16.5. The summed E-state index contributed by atoms with van der Waals surface area (Å²) in [5.74, 6) is -0.557. The highest BCUT2D eigenvalue weighted by Gasteiger charge is 2.73. The minimum absolute atomic E-state index is 0.0171. The molecule has 0 aliphatic carbocycles. The quantitative estimate of drug-likeness (QED) is 0.173. The summed E-state index contributed by atoms with van der Waals surface area (Å²) in [5.41, 5.74) is -7.03. The van der Waals surface area contributed by atoms with E-state index in [1.165, 1.54) is 0 Å². The van der Waals surface area contributed by atoms with Crippen LogP contribution in [0.15, 0.2) is 0 Å². The molecule has 0 spiro atoms. The number of esters is 2. The molecule has 1 amide bonds. The van der Waals surface area contributed by atoms with Crippen LogP contribution in [0.3, 0.4) is 0 Å². The molecule has 0 radical (unpaired) electrons. The Morgan fingerprint density at radius 3 is 1.47 bits per heavy atom. The molecule has 0 rings (SSSR count). The van der Waals surface area contributed by atoms with E-state index in [9.17, 15) is 19.5 Å². The van der Waals surface area contributed by atoms with Crippen LogP contribution < -0.4 is 5.32 Å². The van der Waals surface area contributed by atoms with Crippen molar-refractivity contribution < 1.29 is 29.0 Å². The minimum Gasteiger partial charge on any atom is -0.466 e. The first-order chi connectivity index (χ1) is 19.1. The molecule has 7 nitrogen and oxygen atoms in total. The largest absolute Gasteiger partial charge is 0.466 e. The van der Waals surface area contributed by atoms with E-state index in [4.69, 9.17) is 9.47 Å². The van der Waals surface area contributed by atoms with Crippen LogP contribution in [0.2, 0.25) is 0 Å². The average molecular weight is 612 g/mol. The molecule has 0 aliphatic rings. The number of hydrogen-bond donors (Lipinski definition) is 2. The number of rotatable bonds is 16. The van der Waals surface area contributed by atoms with E-state index in [1.807, 2.05) is 62.3 Å². The molecule has 2 N–H and O–H groups in total. The van der Waals surface area contributed by atoms with Gasteiger partial charge in [-0.1, -0.05) is 104 Å². The van der Waals surface area contributed by atoms with Gasteiger partial charge in [0.25, 0.3) is 0 Å². The van der Waals surface area contributed by atoms with E-state index >= 15 is 0 Å². The smallest absolute Gasteiger partial charge is 0.312 e. The molecule has 3 unspecified atom stereocenters. The van der Waals surface area contributed by atoms with Crippen molar-refractivity contribution in [1.29, 1.82) is 0 Å². The van der Waals surface area contributed by atoms with Crippen molar-refractivity contribution in [3.8, 4) is 0 Å². The Balaban J connectivity index is 7.92. The van der Waals surface area contributed by atoms with Gasteiger partial charge >= 0.3 is 11.9 Å². The summed E-state index contributed by atoms with van der Waals surface area (Å²) < 4.78 is 11.6. The van der Waals surface area contributed by atoms with Gasteiger partial charge < -0.3 is 19.9 Å². The monoisotopic (exact) mass is 612 g/mol. The van der Waals surface area contributed by atoms with Gasteiger partial charge in [-0.2, -0.15) is 0 Å². The third-order valence-electron chi connectivity index (χ3n) is 13.0. The lowest BCUT2D eigenvalue weighted by molar-refractivity contribution is -0.238. The van der Waals surface area contributed by atoms with Crippen molar-refractivity contribution in [3.05, 3.63) is 0 Å². The number of aliphatic hydroxyl groups is 1. The fraction of sp³-hybridized carbons (Fsp3) is 0.917. The molecule has 254 valence electrons. The maximum atomic E-state index is 14.6. The van der Waals surface area contributed by atoms with Gasteiger partial charge in [-0.25, -0.2) is 0 Å². The lowest BCUT2D eigenvalue weighted by Crippen LogP contribution is -2.69. The Morgan fingerprint density at radius 1 is 0.674 bits per heavy atom. The Bertz CT molecular complexity index is 973. The molecule has 7 heteroatoms. The summed E-state index contributed by atoms with van der Waals surface area (Å²) in [7, 11) is 0. The van der Waals surface area contributed by atoms with Gasteiger partial charge in [-0.05, 0) is 66.6 Å². The van der Waals surface area contributed by atoms with Crippen LogP contribution in [-0.4, -0.2) is 49.3 Å². The molecule has 43 heavy (non-hydrogen) atoms. The maximum Gasteiger partial charge on any atom is 0.312 e. The van der Waals surface area contributed by atoms with Gasteiger partial charge in [-0.15, -0.1) is 0 Å². The van der Waals surface area contributed by atoms with Gasteiger partial charge in [0, 0.05) is 6.54 Å². The second kappa shape index (κ2) is 13.8. The Labute approximate surface area is 265 Å². The van der Waals surface area contributed by atoms with Crippen LogP contribution in [0.1, 0.15) is 137 Å². The van der Waals surface area contributed by atoms with Crippen molar-refractivity contribution in [2.75, 3.05) is 26.4 Å². The minimum atomic E-state index is -1.20. The summed E-state index contributed by atoms with van der Waals surface area (Å²) in [6.45, 7) is 37.1. The molecule has 0 aromatic rings. The fourth-order valence-corrected chi connectivity index (χ4v) is 7.80. The maximum absolute atomic E-state index is 14.6. The van der Waals surface area contributed by atoms with Crippen LogP contribution >= 0.6 is 0 Å². The van der Waals surface area contributed by atoms with Crippen molar-refractivity contribution >= 4 is 17.8 Å². The van der Waals surface area contributed by atoms with Crippen molar-refractivity contribution in [3.63, 3.8) is 0 Å². The first-order valence-electron chi connectivity index (χ1n) is 16.3. The molecule has 0 saturated heterocycles. The third-order valence-corrected chi connectivity index (χ3v) is 13.0. The second-order valence-corrected chi connectivity index (χ2v) is 16.8. The lowest BCUT2D eigenvalue weighted by atomic mass is 9.34. The predicted octanol–water partition coefficient (Wildman–Crippen LogP) is 7.83. The van der Waals surface area contributed by atoms with Gasteiger partial charge in [-0.3, -0.25) is 14.4 Å². The van der Waals surface area contributed by atoms with Gasteiger partial charge in [0.15, 0.2) is 0 Å².